The van der Waals surface area contributed by atoms with Gasteiger partial charge in [0.05, 0.1) is 10.0 Å². The van der Waals surface area contributed by atoms with Gasteiger partial charge in [0.2, 0.25) is 0 Å². The lowest BCUT2D eigenvalue weighted by molar-refractivity contribution is 0.0690. The van der Waals surface area contributed by atoms with Crippen LogP contribution in [0.2, 0.25) is 10.0 Å². The predicted octanol–water partition coefficient (Wildman–Crippen LogP) is 7.10. The minimum atomic E-state index is -1.02. The molecule has 2 aliphatic rings. The van der Waals surface area contributed by atoms with Crippen LogP contribution in [0.3, 0.4) is 0 Å². The van der Waals surface area contributed by atoms with E-state index in [-0.39, 0.29) is 5.69 Å². The van der Waals surface area contributed by atoms with Crippen LogP contribution in [0.15, 0.2) is 53.5 Å². The number of carboxylic acid groups (broad SMARTS) is 1. The van der Waals surface area contributed by atoms with Crippen LogP contribution in [0.25, 0.3) is 28.1 Å². The molecule has 1 saturated heterocycles. The Morgan fingerprint density at radius 2 is 1.78 bits per heavy atom. The number of allylic oxidation sites excluding steroid dienone is 1. The Balaban J connectivity index is 1.18. The maximum Gasteiger partial charge on any atom is 0.354 e. The summed E-state index contributed by atoms with van der Waals surface area (Å²) in [7, 11) is 0. The van der Waals surface area contributed by atoms with Crippen LogP contribution in [-0.4, -0.2) is 39.3 Å². The smallest absolute Gasteiger partial charge is 0.354 e. The number of hydrogen-bond donors (Lipinski definition) is 1. The summed E-state index contributed by atoms with van der Waals surface area (Å²) in [6, 6.07) is 7.71. The summed E-state index contributed by atoms with van der Waals surface area (Å²) in [5.74, 6) is 0.713. The number of pyridine rings is 2. The summed E-state index contributed by atoms with van der Waals surface area (Å²) in [6.07, 6.45) is 13.4. The maximum absolute atomic E-state index is 11.2. The molecule has 9 heteroatoms. The topological polar surface area (TPSA) is 92.3 Å². The minimum Gasteiger partial charge on any atom is -0.477 e. The molecule has 6 rings (SSSR count). The van der Waals surface area contributed by atoms with E-state index in [1.807, 2.05) is 6.07 Å². The highest BCUT2D eigenvalue weighted by molar-refractivity contribution is 6.39. The Kier molecular flexibility index (Phi) is 6.34. The molecule has 1 saturated carbocycles. The predicted molar refractivity (Wildman–Crippen MR) is 144 cm³/mol. The van der Waals surface area contributed by atoms with Crippen molar-refractivity contribution < 1.29 is 14.4 Å². The highest BCUT2D eigenvalue weighted by Gasteiger charge is 2.33. The van der Waals surface area contributed by atoms with E-state index in [1.165, 1.54) is 0 Å². The summed E-state index contributed by atoms with van der Waals surface area (Å²) < 4.78 is 5.77. The van der Waals surface area contributed by atoms with Crippen molar-refractivity contribution in [3.63, 3.8) is 0 Å². The fourth-order valence-electron chi connectivity index (χ4n) is 4.95. The molecule has 37 heavy (non-hydrogen) atoms. The Morgan fingerprint density at radius 1 is 1.03 bits per heavy atom. The summed E-state index contributed by atoms with van der Waals surface area (Å²) in [4.78, 5) is 21.7. The zero-order valence-electron chi connectivity index (χ0n) is 19.9. The zero-order chi connectivity index (χ0) is 25.5. The molecule has 2 fully saturated rings. The van der Waals surface area contributed by atoms with Crippen molar-refractivity contribution in [1.82, 2.24) is 15.1 Å². The number of halogens is 2. The summed E-state index contributed by atoms with van der Waals surface area (Å²) in [5, 5.41) is 16.3. The van der Waals surface area contributed by atoms with Crippen molar-refractivity contribution in [3.8, 4) is 11.3 Å². The largest absolute Gasteiger partial charge is 0.477 e. The first-order valence-electron chi connectivity index (χ1n) is 12.3. The van der Waals surface area contributed by atoms with E-state index in [0.717, 1.165) is 66.6 Å². The average molecular weight is 535 g/mol. The van der Waals surface area contributed by atoms with Crippen molar-refractivity contribution >= 4 is 51.7 Å². The van der Waals surface area contributed by atoms with Gasteiger partial charge < -0.3 is 14.5 Å². The number of benzene rings is 1. The van der Waals surface area contributed by atoms with Gasteiger partial charge in [0.15, 0.2) is 0 Å². The lowest BCUT2D eigenvalue weighted by Crippen LogP contribution is -2.33. The van der Waals surface area contributed by atoms with Crippen LogP contribution in [0.5, 0.6) is 0 Å². The average Bonchev–Trinajstić information content (AvgIpc) is 3.67. The number of nitrogens with zero attached hydrogens (tertiary/aromatic N) is 4. The van der Waals surface area contributed by atoms with E-state index >= 15 is 0 Å². The Labute approximate surface area is 223 Å². The molecule has 1 aliphatic carbocycles. The van der Waals surface area contributed by atoms with Crippen LogP contribution < -0.4 is 4.90 Å². The molecule has 4 heterocycles. The number of carbonyl (C=O) groups is 1. The van der Waals surface area contributed by atoms with Gasteiger partial charge in [0, 0.05) is 59.8 Å². The standard InChI is InChI=1S/C28H24Cl2N4O3/c29-22-14-31-15-23(30)25(22)26-21(27(37-33-26)17-2-3-17)6-1-16-7-9-34(10-8-16)20-5-4-18-12-24(28(35)36)32-13-19(18)11-20/h1,4-6,11-17H,2-3,7-10H2,(H,35,36)/b6-1+. The van der Waals surface area contributed by atoms with Crippen molar-refractivity contribution in [2.24, 2.45) is 5.92 Å². The molecule has 0 bridgehead atoms. The molecule has 0 spiro atoms. The normalized spacial score (nSPS) is 16.6. The lowest BCUT2D eigenvalue weighted by atomic mass is 9.94. The van der Waals surface area contributed by atoms with Gasteiger partial charge in [-0.1, -0.05) is 46.6 Å². The van der Waals surface area contributed by atoms with Gasteiger partial charge in [-0.25, -0.2) is 9.78 Å². The summed E-state index contributed by atoms with van der Waals surface area (Å²) >= 11 is 12.9. The van der Waals surface area contributed by atoms with Crippen molar-refractivity contribution in [2.75, 3.05) is 18.0 Å². The second-order valence-corrected chi connectivity index (χ2v) is 10.5. The van der Waals surface area contributed by atoms with Gasteiger partial charge >= 0.3 is 5.97 Å². The fourth-order valence-corrected chi connectivity index (χ4v) is 5.50. The number of hydrogen-bond acceptors (Lipinski definition) is 6. The van der Waals surface area contributed by atoms with Gasteiger partial charge in [-0.15, -0.1) is 0 Å². The number of rotatable bonds is 6. The van der Waals surface area contributed by atoms with Gasteiger partial charge in [-0.2, -0.15) is 0 Å². The molecule has 1 aliphatic heterocycles. The third-order valence-electron chi connectivity index (χ3n) is 7.16. The molecule has 0 atom stereocenters. The molecule has 1 aromatic carbocycles. The van der Waals surface area contributed by atoms with Gasteiger partial charge in [0.25, 0.3) is 0 Å². The van der Waals surface area contributed by atoms with Crippen LogP contribution in [-0.2, 0) is 0 Å². The number of carboxylic acids is 1. The Bertz CT molecular complexity index is 1500. The van der Waals surface area contributed by atoms with E-state index in [0.29, 0.717) is 33.1 Å². The van der Waals surface area contributed by atoms with Gasteiger partial charge in [-0.05, 0) is 55.2 Å². The molecule has 1 N–H and O–H groups in total. The monoisotopic (exact) mass is 534 g/mol. The zero-order valence-corrected chi connectivity index (χ0v) is 21.4. The number of piperidine rings is 1. The molecule has 0 unspecified atom stereocenters. The molecular weight excluding hydrogens is 511 g/mol. The number of aromatic carboxylic acids is 1. The molecule has 188 valence electrons. The second kappa shape index (κ2) is 9.80. The summed E-state index contributed by atoms with van der Waals surface area (Å²) in [6.45, 7) is 1.85. The highest BCUT2D eigenvalue weighted by Crippen LogP contribution is 2.46. The lowest BCUT2D eigenvalue weighted by Gasteiger charge is -2.32. The van der Waals surface area contributed by atoms with Crippen LogP contribution in [0.1, 0.15) is 53.4 Å². The quantitative estimate of drug-likeness (QED) is 0.282. The Hall–Kier alpha value is -3.42. The third kappa shape index (κ3) is 4.81. The maximum atomic E-state index is 11.2. The van der Waals surface area contributed by atoms with E-state index in [9.17, 15) is 9.90 Å². The fraction of sp³-hybridized carbons (Fsp3) is 0.286. The summed E-state index contributed by atoms with van der Waals surface area (Å²) in [5.41, 5.74) is 3.47. The molecule has 0 amide bonds. The third-order valence-corrected chi connectivity index (χ3v) is 7.73. The minimum absolute atomic E-state index is 0.0575. The number of aromatic nitrogens is 3. The second-order valence-electron chi connectivity index (χ2n) is 9.65. The Morgan fingerprint density at radius 3 is 2.49 bits per heavy atom. The first-order valence-corrected chi connectivity index (χ1v) is 13.1. The van der Waals surface area contributed by atoms with Gasteiger partial charge in [0.1, 0.15) is 17.1 Å². The van der Waals surface area contributed by atoms with E-state index in [1.54, 1.807) is 24.7 Å². The van der Waals surface area contributed by atoms with Gasteiger partial charge in [-0.3, -0.25) is 4.98 Å². The molecular formula is C28H24Cl2N4O3. The van der Waals surface area contributed by atoms with Crippen molar-refractivity contribution in [2.45, 2.75) is 31.6 Å². The molecule has 4 aromatic rings. The molecule has 3 aromatic heterocycles. The van der Waals surface area contributed by atoms with Crippen LogP contribution >= 0.6 is 23.2 Å². The van der Waals surface area contributed by atoms with E-state index in [2.05, 4.69) is 44.3 Å². The number of anilines is 1. The van der Waals surface area contributed by atoms with Crippen LogP contribution in [0.4, 0.5) is 5.69 Å². The number of fused-ring (bicyclic) bond motifs is 1. The van der Waals surface area contributed by atoms with E-state index in [4.69, 9.17) is 27.7 Å². The molecule has 7 nitrogen and oxygen atoms in total. The van der Waals surface area contributed by atoms with Crippen molar-refractivity contribution in [1.29, 1.82) is 0 Å². The van der Waals surface area contributed by atoms with E-state index < -0.39 is 5.97 Å². The van der Waals surface area contributed by atoms with Crippen molar-refractivity contribution in [3.05, 3.63) is 76.0 Å². The van der Waals surface area contributed by atoms with Crippen LogP contribution in [0, 0.1) is 5.92 Å². The molecule has 0 radical (unpaired) electrons. The first-order chi connectivity index (χ1) is 18.0. The SMILES string of the molecule is O=C(O)c1cc2ccc(N3CCC(/C=C/c4c(-c5c(Cl)cncc5Cl)noc4C4CC4)CC3)cc2cn1. The first kappa shape index (κ1) is 23.9. The highest BCUT2D eigenvalue weighted by atomic mass is 35.5.